The molecule has 0 saturated heterocycles. The highest BCUT2D eigenvalue weighted by molar-refractivity contribution is 5.86. The van der Waals surface area contributed by atoms with Crippen molar-refractivity contribution in [2.45, 2.75) is 31.6 Å². The average molecular weight is 450 g/mol. The molecule has 3 N–H and O–H groups in total. The molecule has 1 fully saturated rings. The third kappa shape index (κ3) is 3.88. The molecule has 0 radical (unpaired) electrons. The first-order valence-electron chi connectivity index (χ1n) is 11.9. The summed E-state index contributed by atoms with van der Waals surface area (Å²) in [5.41, 5.74) is 10.4. The van der Waals surface area contributed by atoms with Crippen molar-refractivity contribution in [3.8, 4) is 11.4 Å². The molecular formula is C27H27N7. The van der Waals surface area contributed by atoms with E-state index < -0.39 is 0 Å². The van der Waals surface area contributed by atoms with Gasteiger partial charge >= 0.3 is 0 Å². The minimum Gasteiger partial charge on any atom is -0.338 e. The number of aromatic nitrogens is 5. The smallest absolute Gasteiger partial charge is 0.156 e. The van der Waals surface area contributed by atoms with E-state index >= 15 is 0 Å². The van der Waals surface area contributed by atoms with Crippen molar-refractivity contribution in [3.05, 3.63) is 79.1 Å². The Kier molecular flexibility index (Phi) is 5.39. The van der Waals surface area contributed by atoms with E-state index in [0.717, 1.165) is 64.5 Å². The number of nitrogens with zero attached hydrogens (tertiary/aromatic N) is 5. The lowest BCUT2D eigenvalue weighted by Crippen LogP contribution is -2.21. The van der Waals surface area contributed by atoms with Gasteiger partial charge in [-0.25, -0.2) is 15.0 Å². The first-order valence-corrected chi connectivity index (χ1v) is 11.9. The Morgan fingerprint density at radius 3 is 2.62 bits per heavy atom. The summed E-state index contributed by atoms with van der Waals surface area (Å²) < 4.78 is 2.18. The van der Waals surface area contributed by atoms with Crippen molar-refractivity contribution in [1.29, 1.82) is 0 Å². The number of nitrogens with two attached hydrogens (primary N) is 1. The van der Waals surface area contributed by atoms with Crippen molar-refractivity contribution in [2.75, 3.05) is 11.9 Å². The lowest BCUT2D eigenvalue weighted by Gasteiger charge is -2.26. The molecule has 0 aliphatic heterocycles. The van der Waals surface area contributed by atoms with Crippen LogP contribution in [0.5, 0.6) is 0 Å². The minimum absolute atomic E-state index is 0.468. The van der Waals surface area contributed by atoms with E-state index in [1.165, 1.54) is 12.8 Å². The van der Waals surface area contributed by atoms with Gasteiger partial charge in [0.1, 0.15) is 11.3 Å². The molecule has 0 unspecified atom stereocenters. The SMILES string of the molecule is NCC1CCC(c2ncc3c(Nc4ccc5ccc(-c6ccccn6)nc5c4)nccn23)CC1. The fourth-order valence-corrected chi connectivity index (χ4v) is 4.99. The molecule has 0 spiro atoms. The second-order valence-corrected chi connectivity index (χ2v) is 9.04. The zero-order valence-electron chi connectivity index (χ0n) is 18.9. The molecule has 4 aromatic heterocycles. The highest BCUT2D eigenvalue weighted by atomic mass is 15.1. The van der Waals surface area contributed by atoms with Gasteiger partial charge in [-0.3, -0.25) is 9.38 Å². The number of rotatable bonds is 5. The standard InChI is InChI=1S/C27H27N7/c28-16-18-4-6-20(7-5-18)27-31-17-25-26(30-13-14-34(25)27)32-21-10-8-19-9-11-23(33-24(19)15-21)22-3-1-2-12-29-22/h1-3,8-15,17-18,20H,4-7,16,28H2,(H,30,32). The summed E-state index contributed by atoms with van der Waals surface area (Å²) in [5.74, 6) is 3.03. The van der Waals surface area contributed by atoms with E-state index in [1.54, 1.807) is 6.20 Å². The first kappa shape index (κ1) is 20.7. The van der Waals surface area contributed by atoms with Crippen LogP contribution >= 0.6 is 0 Å². The van der Waals surface area contributed by atoms with Crippen LogP contribution in [0.1, 0.15) is 37.4 Å². The zero-order valence-corrected chi connectivity index (χ0v) is 18.9. The van der Waals surface area contributed by atoms with E-state index in [0.29, 0.717) is 11.8 Å². The monoisotopic (exact) mass is 449 g/mol. The van der Waals surface area contributed by atoms with Crippen LogP contribution in [0.3, 0.4) is 0 Å². The lowest BCUT2D eigenvalue weighted by molar-refractivity contribution is 0.325. The largest absolute Gasteiger partial charge is 0.338 e. The molecule has 1 saturated carbocycles. The van der Waals surface area contributed by atoms with Gasteiger partial charge in [0.05, 0.1) is 23.1 Å². The fourth-order valence-electron chi connectivity index (χ4n) is 4.99. The number of anilines is 2. The Bertz CT molecular complexity index is 1440. The van der Waals surface area contributed by atoms with Crippen molar-refractivity contribution in [1.82, 2.24) is 24.3 Å². The van der Waals surface area contributed by atoms with Gasteiger partial charge in [-0.1, -0.05) is 18.2 Å². The number of fused-ring (bicyclic) bond motifs is 2. The highest BCUT2D eigenvalue weighted by Gasteiger charge is 2.25. The molecule has 4 heterocycles. The van der Waals surface area contributed by atoms with E-state index in [4.69, 9.17) is 15.7 Å². The summed E-state index contributed by atoms with van der Waals surface area (Å²) >= 11 is 0. The average Bonchev–Trinajstić information content (AvgIpc) is 3.34. The van der Waals surface area contributed by atoms with Gasteiger partial charge in [0.25, 0.3) is 0 Å². The van der Waals surface area contributed by atoms with Crippen LogP contribution in [0.25, 0.3) is 27.8 Å². The van der Waals surface area contributed by atoms with Gasteiger partial charge in [0.15, 0.2) is 5.82 Å². The van der Waals surface area contributed by atoms with Crippen LogP contribution in [0.4, 0.5) is 11.5 Å². The van der Waals surface area contributed by atoms with Gasteiger partial charge < -0.3 is 11.1 Å². The Balaban J connectivity index is 1.30. The maximum absolute atomic E-state index is 5.88. The number of imidazole rings is 1. The van der Waals surface area contributed by atoms with E-state index in [9.17, 15) is 0 Å². The summed E-state index contributed by atoms with van der Waals surface area (Å²) in [7, 11) is 0. The summed E-state index contributed by atoms with van der Waals surface area (Å²) in [5, 5.41) is 4.57. The second-order valence-electron chi connectivity index (χ2n) is 9.04. The molecule has 34 heavy (non-hydrogen) atoms. The molecule has 7 heteroatoms. The number of hydrogen-bond acceptors (Lipinski definition) is 6. The molecule has 0 bridgehead atoms. The molecule has 0 atom stereocenters. The summed E-state index contributed by atoms with van der Waals surface area (Å²) in [6.07, 6.45) is 12.2. The minimum atomic E-state index is 0.468. The molecule has 7 nitrogen and oxygen atoms in total. The molecule has 1 aromatic carbocycles. The third-order valence-electron chi connectivity index (χ3n) is 6.91. The maximum atomic E-state index is 5.88. The summed E-state index contributed by atoms with van der Waals surface area (Å²) in [6, 6.07) is 16.1. The second kappa shape index (κ2) is 8.83. The highest BCUT2D eigenvalue weighted by Crippen LogP contribution is 2.35. The van der Waals surface area contributed by atoms with Gasteiger partial charge in [-0.2, -0.15) is 0 Å². The quantitative estimate of drug-likeness (QED) is 0.377. The van der Waals surface area contributed by atoms with Crippen LogP contribution in [-0.2, 0) is 0 Å². The molecular weight excluding hydrogens is 422 g/mol. The van der Waals surface area contributed by atoms with Crippen molar-refractivity contribution in [2.24, 2.45) is 11.7 Å². The zero-order chi connectivity index (χ0) is 22.9. The van der Waals surface area contributed by atoms with Crippen LogP contribution in [0, 0.1) is 5.92 Å². The Morgan fingerprint density at radius 2 is 1.79 bits per heavy atom. The Hall–Kier alpha value is -3.84. The third-order valence-corrected chi connectivity index (χ3v) is 6.91. The van der Waals surface area contributed by atoms with E-state index in [1.807, 2.05) is 42.9 Å². The van der Waals surface area contributed by atoms with Gasteiger partial charge in [-0.05, 0) is 68.5 Å². The molecule has 170 valence electrons. The molecule has 5 aromatic rings. The van der Waals surface area contributed by atoms with E-state index in [-0.39, 0.29) is 0 Å². The van der Waals surface area contributed by atoms with Crippen LogP contribution in [0.15, 0.2) is 73.3 Å². The van der Waals surface area contributed by atoms with Crippen molar-refractivity contribution < 1.29 is 0 Å². The van der Waals surface area contributed by atoms with Crippen LogP contribution in [0.2, 0.25) is 0 Å². The predicted octanol–water partition coefficient (Wildman–Crippen LogP) is 5.32. The lowest BCUT2D eigenvalue weighted by atomic mass is 9.81. The topological polar surface area (TPSA) is 94.0 Å². The Labute approximate surface area is 198 Å². The predicted molar refractivity (Wildman–Crippen MR) is 135 cm³/mol. The molecule has 1 aliphatic carbocycles. The first-order chi connectivity index (χ1) is 16.8. The maximum Gasteiger partial charge on any atom is 0.156 e. The van der Waals surface area contributed by atoms with E-state index in [2.05, 4.69) is 44.0 Å². The molecule has 1 aliphatic rings. The number of nitrogens with one attached hydrogen (secondary N) is 1. The van der Waals surface area contributed by atoms with Crippen molar-refractivity contribution >= 4 is 27.9 Å². The summed E-state index contributed by atoms with van der Waals surface area (Å²) in [4.78, 5) is 18.7. The summed E-state index contributed by atoms with van der Waals surface area (Å²) in [6.45, 7) is 0.789. The van der Waals surface area contributed by atoms with Crippen LogP contribution < -0.4 is 11.1 Å². The number of benzene rings is 1. The number of pyridine rings is 2. The van der Waals surface area contributed by atoms with Gasteiger partial charge in [0, 0.05) is 35.6 Å². The number of hydrogen-bond donors (Lipinski definition) is 2. The molecule has 6 rings (SSSR count). The Morgan fingerprint density at radius 1 is 0.912 bits per heavy atom. The van der Waals surface area contributed by atoms with Gasteiger partial charge in [0.2, 0.25) is 0 Å². The van der Waals surface area contributed by atoms with Crippen molar-refractivity contribution in [3.63, 3.8) is 0 Å². The van der Waals surface area contributed by atoms with Crippen LogP contribution in [-0.4, -0.2) is 30.9 Å². The normalized spacial score (nSPS) is 18.4. The van der Waals surface area contributed by atoms with Gasteiger partial charge in [-0.15, -0.1) is 0 Å². The fraction of sp³-hybridized carbons (Fsp3) is 0.259. The molecule has 0 amide bonds.